The van der Waals surface area contributed by atoms with E-state index >= 15 is 0 Å². The Labute approximate surface area is 288 Å². The SMILES string of the molecule is [2H]C([2H])([2H])c1nc(-c2[c-]cccc2)ccc1[Si](C)(C)C.[Ir].[c-]1ccc2c(oc3ccccc32)c1-c1nc2ccccc2n1-c1ccccc1. The molecule has 8 rings (SSSR count). The van der Waals surface area contributed by atoms with Crippen molar-refractivity contribution in [2.24, 2.45) is 0 Å². The number of fused-ring (bicyclic) bond motifs is 4. The predicted molar refractivity (Wildman–Crippen MR) is 189 cm³/mol. The quantitative estimate of drug-likeness (QED) is 0.132. The van der Waals surface area contributed by atoms with Gasteiger partial charge >= 0.3 is 0 Å². The maximum absolute atomic E-state index is 7.74. The number of aromatic nitrogens is 3. The Bertz CT molecular complexity index is 2380. The van der Waals surface area contributed by atoms with Crippen molar-refractivity contribution >= 4 is 46.2 Å². The van der Waals surface area contributed by atoms with E-state index in [4.69, 9.17) is 13.5 Å². The Morgan fingerprint density at radius 2 is 1.48 bits per heavy atom. The van der Waals surface area contributed by atoms with Crippen LogP contribution in [0.3, 0.4) is 0 Å². The molecule has 0 bridgehead atoms. The second-order valence-electron chi connectivity index (χ2n) is 11.9. The minimum absolute atomic E-state index is 0. The van der Waals surface area contributed by atoms with E-state index in [0.717, 1.165) is 60.8 Å². The van der Waals surface area contributed by atoms with Crippen LogP contribution in [0.4, 0.5) is 0 Å². The first-order valence-corrected chi connectivity index (χ1v) is 18.4. The van der Waals surface area contributed by atoms with E-state index in [1.807, 2.05) is 91.0 Å². The summed E-state index contributed by atoms with van der Waals surface area (Å²) in [5, 5.41) is 3.09. The van der Waals surface area contributed by atoms with Gasteiger partial charge in [0.2, 0.25) is 0 Å². The largest absolute Gasteiger partial charge is 0.501 e. The second-order valence-corrected chi connectivity index (χ2v) is 16.9. The van der Waals surface area contributed by atoms with Crippen LogP contribution in [0.1, 0.15) is 9.81 Å². The molecule has 0 aliphatic rings. The Balaban J connectivity index is 0.000000177. The van der Waals surface area contributed by atoms with Gasteiger partial charge in [-0.3, -0.25) is 4.98 Å². The van der Waals surface area contributed by atoms with Gasteiger partial charge in [-0.2, -0.15) is 0 Å². The van der Waals surface area contributed by atoms with E-state index in [-0.39, 0.29) is 25.8 Å². The molecule has 8 aromatic rings. The Hall–Kier alpha value is -4.61. The van der Waals surface area contributed by atoms with E-state index in [9.17, 15) is 0 Å². The summed E-state index contributed by atoms with van der Waals surface area (Å²) in [5.41, 5.74) is 7.36. The molecule has 3 aromatic heterocycles. The number of para-hydroxylation sites is 4. The van der Waals surface area contributed by atoms with E-state index < -0.39 is 14.9 Å². The van der Waals surface area contributed by atoms with Crippen LogP contribution in [0.5, 0.6) is 0 Å². The average molecular weight is 795 g/mol. The fraction of sp³-hybridized carbons (Fsp3) is 0.100. The van der Waals surface area contributed by atoms with Crippen LogP contribution >= 0.6 is 0 Å². The molecule has 46 heavy (non-hydrogen) atoms. The predicted octanol–water partition coefficient (Wildman–Crippen LogP) is 9.79. The fourth-order valence-corrected chi connectivity index (χ4v) is 7.01. The van der Waals surface area contributed by atoms with Gasteiger partial charge < -0.3 is 14.0 Å². The first-order valence-electron chi connectivity index (χ1n) is 16.4. The summed E-state index contributed by atoms with van der Waals surface area (Å²) < 4.78 is 31.6. The molecule has 5 aromatic carbocycles. The first-order chi connectivity index (χ1) is 23.1. The molecule has 0 aliphatic heterocycles. The molecular formula is C40H33IrN3OSi-2. The zero-order valence-electron chi connectivity index (χ0n) is 28.7. The third-order valence-electron chi connectivity index (χ3n) is 7.83. The van der Waals surface area contributed by atoms with Crippen molar-refractivity contribution in [3.8, 4) is 28.3 Å². The minimum atomic E-state index is -2.18. The van der Waals surface area contributed by atoms with E-state index in [1.165, 1.54) is 0 Å². The summed E-state index contributed by atoms with van der Waals surface area (Å²) in [6.45, 7) is 4.22. The van der Waals surface area contributed by atoms with Crippen LogP contribution in [-0.4, -0.2) is 22.6 Å². The van der Waals surface area contributed by atoms with Crippen LogP contribution in [0.2, 0.25) is 19.6 Å². The fourth-order valence-electron chi connectivity index (χ4n) is 5.66. The molecule has 3 heterocycles. The van der Waals surface area contributed by atoms with Crippen LogP contribution in [0.25, 0.3) is 61.3 Å². The molecule has 229 valence electrons. The first kappa shape index (κ1) is 27.7. The van der Waals surface area contributed by atoms with Gasteiger partial charge in [-0.1, -0.05) is 91.3 Å². The second kappa shape index (κ2) is 13.0. The number of pyridine rings is 1. The van der Waals surface area contributed by atoms with Crippen LogP contribution in [0, 0.1) is 19.0 Å². The van der Waals surface area contributed by atoms with Gasteiger partial charge in [0, 0.05) is 41.0 Å². The number of rotatable bonds is 4. The number of hydrogen-bond donors (Lipinski definition) is 0. The van der Waals surface area contributed by atoms with Crippen molar-refractivity contribution in [2.75, 3.05) is 0 Å². The molecule has 0 spiro atoms. The van der Waals surface area contributed by atoms with E-state index in [0.29, 0.717) is 5.69 Å². The normalized spacial score (nSPS) is 12.5. The summed E-state index contributed by atoms with van der Waals surface area (Å²) in [4.78, 5) is 9.37. The summed E-state index contributed by atoms with van der Waals surface area (Å²) in [7, 11) is -1.74. The number of aryl methyl sites for hydroxylation is 1. The topological polar surface area (TPSA) is 43.9 Å². The molecule has 0 fully saturated rings. The van der Waals surface area contributed by atoms with Crippen LogP contribution < -0.4 is 5.19 Å². The van der Waals surface area contributed by atoms with Gasteiger partial charge in [0.25, 0.3) is 0 Å². The molecule has 1 radical (unpaired) electrons. The van der Waals surface area contributed by atoms with Gasteiger partial charge in [-0.05, 0) is 48.1 Å². The molecule has 0 amide bonds. The molecule has 0 aliphatic carbocycles. The Kier molecular flexibility index (Phi) is 7.83. The maximum atomic E-state index is 7.74. The van der Waals surface area contributed by atoms with Crippen molar-refractivity contribution in [3.63, 3.8) is 0 Å². The van der Waals surface area contributed by atoms with Crippen molar-refractivity contribution in [1.29, 1.82) is 0 Å². The molecule has 0 N–H and O–H groups in total. The van der Waals surface area contributed by atoms with Gasteiger partial charge in [-0.25, -0.2) is 0 Å². The van der Waals surface area contributed by atoms with Gasteiger partial charge in [-0.15, -0.1) is 54.1 Å². The van der Waals surface area contributed by atoms with Gasteiger partial charge in [0.05, 0.1) is 30.5 Å². The molecule has 4 nitrogen and oxygen atoms in total. The molecule has 0 saturated heterocycles. The smallest absolute Gasteiger partial charge is 0.120 e. The number of nitrogens with zero attached hydrogens (tertiary/aromatic N) is 3. The Morgan fingerprint density at radius 1 is 0.717 bits per heavy atom. The van der Waals surface area contributed by atoms with Gasteiger partial charge in [0.1, 0.15) is 5.58 Å². The number of hydrogen-bond acceptors (Lipinski definition) is 3. The molecular weight excluding hydrogens is 759 g/mol. The molecule has 6 heteroatoms. The van der Waals surface area contributed by atoms with E-state index in [1.54, 1.807) is 6.07 Å². The molecule has 0 saturated carbocycles. The number of imidazole rings is 1. The average Bonchev–Trinajstić information content (AvgIpc) is 3.67. The zero-order chi connectivity index (χ0) is 33.5. The van der Waals surface area contributed by atoms with Crippen molar-refractivity contribution in [3.05, 3.63) is 145 Å². The third-order valence-corrected chi connectivity index (χ3v) is 9.85. The summed E-state index contributed by atoms with van der Waals surface area (Å²) in [6.07, 6.45) is 0. The van der Waals surface area contributed by atoms with Crippen molar-refractivity contribution in [2.45, 2.75) is 26.5 Å². The molecule has 0 atom stereocenters. The number of benzene rings is 5. The van der Waals surface area contributed by atoms with Crippen LogP contribution in [0.15, 0.2) is 132 Å². The van der Waals surface area contributed by atoms with Crippen molar-refractivity contribution in [1.82, 2.24) is 14.5 Å². The monoisotopic (exact) mass is 795 g/mol. The zero-order valence-corrected chi connectivity index (χ0v) is 29.1. The standard InChI is InChI=1S/C25H15N2O.C15H18NSi.Ir/c1-2-9-17(10-3-1)27-22-15-6-5-14-21(22)26-25(27)20-13-8-12-19-18-11-4-7-16-23(18)28-24(19)20;1-12-15(17(2,3)4)11-10-14(16-12)13-8-6-5-7-9-13;/h1-12,14-16H;5-8,10-11H,1-4H3;/q2*-1;/i;1D3;. The van der Waals surface area contributed by atoms with E-state index in [2.05, 4.69) is 71.7 Å². The number of furan rings is 1. The summed E-state index contributed by atoms with van der Waals surface area (Å²) in [5.74, 6) is 0.831. The third kappa shape index (κ3) is 6.00. The summed E-state index contributed by atoms with van der Waals surface area (Å²) >= 11 is 0. The maximum Gasteiger partial charge on any atom is 0.120 e. The Morgan fingerprint density at radius 3 is 2.26 bits per heavy atom. The summed E-state index contributed by atoms with van der Waals surface area (Å²) in [6, 6.07) is 48.4. The van der Waals surface area contributed by atoms with Gasteiger partial charge in [0.15, 0.2) is 0 Å². The van der Waals surface area contributed by atoms with Crippen LogP contribution in [-0.2, 0) is 20.1 Å². The van der Waals surface area contributed by atoms with Crippen molar-refractivity contribution < 1.29 is 28.6 Å². The minimum Gasteiger partial charge on any atom is -0.501 e. The molecule has 0 unspecified atom stereocenters.